The third kappa shape index (κ3) is 11.5. The van der Waals surface area contributed by atoms with E-state index in [4.69, 9.17) is 11.5 Å². The van der Waals surface area contributed by atoms with Crippen molar-refractivity contribution in [2.75, 3.05) is 18.6 Å². The summed E-state index contributed by atoms with van der Waals surface area (Å²) >= 11 is 1.48. The summed E-state index contributed by atoms with van der Waals surface area (Å²) < 4.78 is 0. The summed E-state index contributed by atoms with van der Waals surface area (Å²) in [6.45, 7) is 0.371. The van der Waals surface area contributed by atoms with Gasteiger partial charge in [-0.15, -0.1) is 0 Å². The molecular weight excluding hydrogens is 494 g/mol. The summed E-state index contributed by atoms with van der Waals surface area (Å²) in [5.41, 5.74) is 11.7. The van der Waals surface area contributed by atoms with E-state index in [0.717, 1.165) is 0 Å². The second-order valence-corrected chi connectivity index (χ2v) is 9.06. The Bertz CT molecular complexity index is 869. The molecule has 36 heavy (non-hydrogen) atoms. The van der Waals surface area contributed by atoms with Crippen molar-refractivity contribution in [3.63, 3.8) is 0 Å². The number of nitrogens with one attached hydrogen (secondary N) is 4. The van der Waals surface area contributed by atoms with Gasteiger partial charge in [0.25, 0.3) is 0 Å². The first kappa shape index (κ1) is 30.9. The molecule has 0 aliphatic carbocycles. The van der Waals surface area contributed by atoms with Crippen LogP contribution in [0, 0.1) is 0 Å². The second kappa shape index (κ2) is 16.5. The lowest BCUT2D eigenvalue weighted by Gasteiger charge is -2.24. The molecule has 0 fully saturated rings. The minimum atomic E-state index is -1.51. The Labute approximate surface area is 212 Å². The Hall–Kier alpha value is -3.17. The summed E-state index contributed by atoms with van der Waals surface area (Å²) in [6, 6.07) is -4.95. The number of nitrogens with zero attached hydrogens (tertiary/aromatic N) is 1. The van der Waals surface area contributed by atoms with Crippen molar-refractivity contribution >= 4 is 41.4 Å². The highest BCUT2D eigenvalue weighted by molar-refractivity contribution is 7.98. The predicted octanol–water partition coefficient (Wildman–Crippen LogP) is -1.82. The molecule has 10 N–H and O–H groups in total. The van der Waals surface area contributed by atoms with Gasteiger partial charge in [-0.1, -0.05) is 0 Å². The van der Waals surface area contributed by atoms with Gasteiger partial charge in [0, 0.05) is 18.3 Å². The van der Waals surface area contributed by atoms with Crippen LogP contribution in [-0.4, -0.2) is 92.6 Å². The van der Waals surface area contributed by atoms with Crippen molar-refractivity contribution in [3.8, 4) is 0 Å². The van der Waals surface area contributed by atoms with E-state index in [9.17, 15) is 34.2 Å². The van der Waals surface area contributed by atoms with Gasteiger partial charge < -0.3 is 42.6 Å². The largest absolute Gasteiger partial charge is 0.481 e. The normalized spacial score (nSPS) is 14.2. The van der Waals surface area contributed by atoms with E-state index in [1.165, 1.54) is 24.3 Å². The lowest BCUT2D eigenvalue weighted by atomic mass is 10.1. The Kier molecular flexibility index (Phi) is 14.1. The molecule has 1 rings (SSSR count). The van der Waals surface area contributed by atoms with Crippen molar-refractivity contribution < 1.29 is 34.2 Å². The molecule has 0 aliphatic heterocycles. The summed E-state index contributed by atoms with van der Waals surface area (Å²) in [4.78, 5) is 67.9. The molecule has 0 radical (unpaired) electrons. The first-order chi connectivity index (χ1) is 17.1. The minimum Gasteiger partial charge on any atom is -0.481 e. The molecule has 1 aromatic heterocycles. The number of amides is 3. The summed E-state index contributed by atoms with van der Waals surface area (Å²) in [6.07, 6.45) is 5.28. The lowest BCUT2D eigenvalue weighted by molar-refractivity contribution is -0.143. The fourth-order valence-corrected chi connectivity index (χ4v) is 3.65. The Morgan fingerprint density at radius 2 is 1.64 bits per heavy atom. The number of aliphatic carboxylic acids is 2. The molecule has 1 heterocycles. The first-order valence-electron chi connectivity index (χ1n) is 11.4. The molecule has 0 saturated heterocycles. The maximum atomic E-state index is 13.0. The van der Waals surface area contributed by atoms with Crippen molar-refractivity contribution in [2.45, 2.75) is 62.7 Å². The SMILES string of the molecule is CSCCC(N)C(=O)NC(CC(=O)O)C(=O)NC(Cc1cnc[nH]1)C(=O)NC(CCCCN)C(=O)O. The smallest absolute Gasteiger partial charge is 0.326 e. The number of aromatic nitrogens is 2. The van der Waals surface area contributed by atoms with Crippen LogP contribution in [0.1, 0.15) is 37.8 Å². The van der Waals surface area contributed by atoms with Gasteiger partial charge in [-0.25, -0.2) is 9.78 Å². The predicted molar refractivity (Wildman–Crippen MR) is 132 cm³/mol. The average molecular weight is 530 g/mol. The van der Waals surface area contributed by atoms with E-state index in [2.05, 4.69) is 25.9 Å². The van der Waals surface area contributed by atoms with Crippen LogP contribution in [0.2, 0.25) is 0 Å². The number of carbonyl (C=O) groups is 5. The second-order valence-electron chi connectivity index (χ2n) is 8.07. The molecular formula is C21H35N7O7S. The number of H-pyrrole nitrogens is 1. The van der Waals surface area contributed by atoms with Gasteiger partial charge in [0.05, 0.1) is 18.8 Å². The summed E-state index contributed by atoms with van der Waals surface area (Å²) in [5.74, 6) is -4.44. The zero-order chi connectivity index (χ0) is 27.1. The number of thioether (sulfide) groups is 1. The molecule has 0 aliphatic rings. The number of aromatic amines is 1. The Balaban J connectivity index is 3.02. The van der Waals surface area contributed by atoms with Gasteiger partial charge in [0.1, 0.15) is 18.1 Å². The van der Waals surface area contributed by atoms with Crippen LogP contribution in [0.4, 0.5) is 0 Å². The monoisotopic (exact) mass is 529 g/mol. The summed E-state index contributed by atoms with van der Waals surface area (Å²) in [5, 5.41) is 25.8. The van der Waals surface area contributed by atoms with Crippen LogP contribution in [-0.2, 0) is 30.4 Å². The molecule has 0 spiro atoms. The molecule has 3 amide bonds. The van der Waals surface area contributed by atoms with Gasteiger partial charge in [-0.3, -0.25) is 19.2 Å². The number of carboxylic acid groups (broad SMARTS) is 2. The molecule has 0 saturated carbocycles. The number of nitrogens with two attached hydrogens (primary N) is 2. The van der Waals surface area contributed by atoms with E-state index in [1.54, 1.807) is 0 Å². The van der Waals surface area contributed by atoms with Gasteiger partial charge >= 0.3 is 11.9 Å². The Morgan fingerprint density at radius 3 is 2.19 bits per heavy atom. The highest BCUT2D eigenvalue weighted by atomic mass is 32.2. The molecule has 202 valence electrons. The number of imidazole rings is 1. The van der Waals surface area contributed by atoms with Crippen LogP contribution in [0.15, 0.2) is 12.5 Å². The van der Waals surface area contributed by atoms with Crippen molar-refractivity contribution in [1.82, 2.24) is 25.9 Å². The van der Waals surface area contributed by atoms with Crippen molar-refractivity contribution in [2.24, 2.45) is 11.5 Å². The number of hydrogen-bond donors (Lipinski definition) is 8. The molecule has 4 atom stereocenters. The number of rotatable bonds is 18. The quantitative estimate of drug-likeness (QED) is 0.0983. The summed E-state index contributed by atoms with van der Waals surface area (Å²) in [7, 11) is 0. The van der Waals surface area contributed by atoms with Crippen LogP contribution < -0.4 is 27.4 Å². The molecule has 4 unspecified atom stereocenters. The maximum absolute atomic E-state index is 13.0. The zero-order valence-corrected chi connectivity index (χ0v) is 20.9. The highest BCUT2D eigenvalue weighted by Crippen LogP contribution is 2.06. The van der Waals surface area contributed by atoms with Crippen LogP contribution in [0.3, 0.4) is 0 Å². The molecule has 0 bridgehead atoms. The fraction of sp³-hybridized carbons (Fsp3) is 0.619. The fourth-order valence-electron chi connectivity index (χ4n) is 3.16. The third-order valence-electron chi connectivity index (χ3n) is 5.15. The topological polar surface area (TPSA) is 243 Å². The van der Waals surface area contributed by atoms with E-state index in [-0.39, 0.29) is 12.8 Å². The first-order valence-corrected chi connectivity index (χ1v) is 12.8. The van der Waals surface area contributed by atoms with Gasteiger partial charge in [0.2, 0.25) is 17.7 Å². The number of unbranched alkanes of at least 4 members (excludes halogenated alkanes) is 1. The van der Waals surface area contributed by atoms with Crippen molar-refractivity contribution in [1.29, 1.82) is 0 Å². The van der Waals surface area contributed by atoms with Gasteiger partial charge in [0.15, 0.2) is 0 Å². The van der Waals surface area contributed by atoms with E-state index >= 15 is 0 Å². The third-order valence-corrected chi connectivity index (χ3v) is 5.80. The standard InChI is InChI=1S/C21H35N7O7S/c1-36-7-5-13(23)18(31)27-16(9-17(29)30)20(33)28-15(8-12-10-24-11-25-12)19(32)26-14(21(34)35)4-2-3-6-22/h10-11,13-16H,2-9,22-23H2,1H3,(H,24,25)(H,26,32)(H,27,31)(H,28,33)(H,29,30)(H,34,35). The molecule has 0 aromatic carbocycles. The molecule has 15 heteroatoms. The highest BCUT2D eigenvalue weighted by Gasteiger charge is 2.31. The zero-order valence-electron chi connectivity index (χ0n) is 20.1. The molecule has 1 aromatic rings. The van der Waals surface area contributed by atoms with Gasteiger partial charge in [-0.05, 0) is 44.2 Å². The number of hydrogen-bond acceptors (Lipinski definition) is 9. The Morgan fingerprint density at radius 1 is 1.00 bits per heavy atom. The molecule has 14 nitrogen and oxygen atoms in total. The van der Waals surface area contributed by atoms with Crippen LogP contribution in [0.5, 0.6) is 0 Å². The van der Waals surface area contributed by atoms with Crippen LogP contribution in [0.25, 0.3) is 0 Å². The number of carbonyl (C=O) groups excluding carboxylic acids is 3. The van der Waals surface area contributed by atoms with Gasteiger partial charge in [-0.2, -0.15) is 11.8 Å². The maximum Gasteiger partial charge on any atom is 0.326 e. The number of carboxylic acids is 2. The van der Waals surface area contributed by atoms with E-state index in [1.807, 2.05) is 6.26 Å². The van der Waals surface area contributed by atoms with E-state index < -0.39 is 60.2 Å². The minimum absolute atomic E-state index is 0.0896. The van der Waals surface area contributed by atoms with Crippen LogP contribution >= 0.6 is 11.8 Å². The lowest BCUT2D eigenvalue weighted by Crippen LogP contribution is -2.58. The van der Waals surface area contributed by atoms with Crippen molar-refractivity contribution in [3.05, 3.63) is 18.2 Å². The van der Waals surface area contributed by atoms with E-state index in [0.29, 0.717) is 37.3 Å². The average Bonchev–Trinajstić information content (AvgIpc) is 3.33.